The second kappa shape index (κ2) is 7.95. The van der Waals surface area contributed by atoms with Gasteiger partial charge in [-0.3, -0.25) is 0 Å². The summed E-state index contributed by atoms with van der Waals surface area (Å²) in [5.41, 5.74) is -0.639. The molecule has 7 heteroatoms. The minimum absolute atomic E-state index is 0.202. The predicted molar refractivity (Wildman–Crippen MR) is 96.6 cm³/mol. The van der Waals surface area contributed by atoms with E-state index in [2.05, 4.69) is 5.32 Å². The maximum absolute atomic E-state index is 12.5. The fourth-order valence-corrected chi connectivity index (χ4v) is 2.86. The number of hydrogen-bond acceptors (Lipinski definition) is 5. The normalized spacial score (nSPS) is 16.9. The molecule has 138 valence electrons. The summed E-state index contributed by atoms with van der Waals surface area (Å²) in [7, 11) is 0. The van der Waals surface area contributed by atoms with E-state index >= 15 is 0 Å². The van der Waals surface area contributed by atoms with Crippen molar-refractivity contribution in [1.29, 1.82) is 0 Å². The van der Waals surface area contributed by atoms with E-state index in [9.17, 15) is 9.59 Å². The van der Waals surface area contributed by atoms with Gasteiger partial charge in [0, 0.05) is 18.8 Å². The minimum Gasteiger partial charge on any atom is -0.448 e. The van der Waals surface area contributed by atoms with Crippen molar-refractivity contribution in [3.63, 3.8) is 0 Å². The van der Waals surface area contributed by atoms with Crippen LogP contribution < -0.4 is 5.32 Å². The SMILES string of the molecule is CC(C)(C)OC(=O)N1CCC(Nc2ccccc2)(C(=O)OCCl)CC1. The lowest BCUT2D eigenvalue weighted by atomic mass is 9.87. The molecular weight excluding hydrogens is 344 g/mol. The van der Waals surface area contributed by atoms with Crippen LogP contribution in [0.25, 0.3) is 0 Å². The topological polar surface area (TPSA) is 67.9 Å². The number of amides is 1. The predicted octanol–water partition coefficient (Wildman–Crippen LogP) is 3.61. The van der Waals surface area contributed by atoms with Crippen LogP contribution in [0.5, 0.6) is 0 Å². The summed E-state index contributed by atoms with van der Waals surface area (Å²) >= 11 is 5.58. The Hall–Kier alpha value is -1.95. The Kier molecular flexibility index (Phi) is 6.16. The highest BCUT2D eigenvalue weighted by Crippen LogP contribution is 2.29. The second-order valence-electron chi connectivity index (χ2n) is 7.08. The van der Waals surface area contributed by atoms with Gasteiger partial charge in [-0.25, -0.2) is 9.59 Å². The molecule has 1 aliphatic heterocycles. The van der Waals surface area contributed by atoms with E-state index in [4.69, 9.17) is 21.1 Å². The van der Waals surface area contributed by atoms with Crippen LogP contribution in [0.2, 0.25) is 0 Å². The molecule has 1 aliphatic rings. The summed E-state index contributed by atoms with van der Waals surface area (Å²) in [6.07, 6.45) is 0.458. The van der Waals surface area contributed by atoms with E-state index in [1.54, 1.807) is 4.90 Å². The number of nitrogens with one attached hydrogen (secondary N) is 1. The zero-order valence-electron chi connectivity index (χ0n) is 14.9. The molecule has 0 spiro atoms. The molecule has 0 saturated carbocycles. The first-order valence-electron chi connectivity index (χ1n) is 8.30. The van der Waals surface area contributed by atoms with Gasteiger partial charge in [-0.1, -0.05) is 29.8 Å². The van der Waals surface area contributed by atoms with Crippen molar-refractivity contribution in [3.05, 3.63) is 30.3 Å². The first-order valence-corrected chi connectivity index (χ1v) is 8.83. The summed E-state index contributed by atoms with van der Waals surface area (Å²) in [5, 5.41) is 3.27. The number of anilines is 1. The highest BCUT2D eigenvalue weighted by atomic mass is 35.5. The molecule has 1 amide bonds. The Balaban J connectivity index is 2.09. The fraction of sp³-hybridized carbons (Fsp3) is 0.556. The summed E-state index contributed by atoms with van der Waals surface area (Å²) in [6, 6.07) is 9.25. The van der Waals surface area contributed by atoms with Gasteiger partial charge in [0.05, 0.1) is 0 Å². The number of piperidine rings is 1. The number of halogens is 1. The number of para-hydroxylation sites is 1. The molecule has 0 radical (unpaired) electrons. The van der Waals surface area contributed by atoms with Gasteiger partial charge in [0.2, 0.25) is 0 Å². The third kappa shape index (κ3) is 5.26. The number of nitrogens with zero attached hydrogens (tertiary/aromatic N) is 1. The molecule has 0 aliphatic carbocycles. The molecule has 0 aromatic heterocycles. The fourth-order valence-electron chi connectivity index (χ4n) is 2.76. The number of likely N-dealkylation sites (tertiary alicyclic amines) is 1. The molecule has 1 fully saturated rings. The number of esters is 1. The molecule has 0 unspecified atom stereocenters. The van der Waals surface area contributed by atoms with Gasteiger partial charge in [-0.05, 0) is 45.7 Å². The van der Waals surface area contributed by atoms with Crippen molar-refractivity contribution < 1.29 is 19.1 Å². The third-order valence-corrected chi connectivity index (χ3v) is 4.11. The number of carbonyl (C=O) groups excluding carboxylic acids is 2. The summed E-state index contributed by atoms with van der Waals surface area (Å²) in [4.78, 5) is 26.4. The number of alkyl halides is 1. The zero-order valence-corrected chi connectivity index (χ0v) is 15.6. The van der Waals surface area contributed by atoms with E-state index < -0.39 is 17.1 Å². The van der Waals surface area contributed by atoms with Crippen LogP contribution in [0.15, 0.2) is 30.3 Å². The molecular formula is C18H25ClN2O4. The largest absolute Gasteiger partial charge is 0.448 e. The Morgan fingerprint density at radius 1 is 1.20 bits per heavy atom. The molecule has 1 N–H and O–H groups in total. The smallest absolute Gasteiger partial charge is 0.410 e. The Labute approximate surface area is 153 Å². The maximum atomic E-state index is 12.5. The quantitative estimate of drug-likeness (QED) is 0.649. The molecule has 1 aromatic rings. The van der Waals surface area contributed by atoms with Crippen LogP contribution in [0.1, 0.15) is 33.6 Å². The Bertz CT molecular complexity index is 593. The van der Waals surface area contributed by atoms with E-state index in [0.29, 0.717) is 25.9 Å². The number of hydrogen-bond donors (Lipinski definition) is 1. The average molecular weight is 369 g/mol. The standard InChI is InChI=1S/C18H25ClN2O4/c1-17(2,3)25-16(23)21-11-9-18(10-12-21,15(22)24-13-19)20-14-7-5-4-6-8-14/h4-8,20H,9-13H2,1-3H3. The highest BCUT2D eigenvalue weighted by Gasteiger charge is 2.44. The lowest BCUT2D eigenvalue weighted by molar-refractivity contribution is -0.148. The number of rotatable bonds is 4. The average Bonchev–Trinajstić information content (AvgIpc) is 2.55. The van der Waals surface area contributed by atoms with Gasteiger partial charge < -0.3 is 19.7 Å². The summed E-state index contributed by atoms with van der Waals surface area (Å²) < 4.78 is 10.5. The van der Waals surface area contributed by atoms with Gasteiger partial charge in [-0.2, -0.15) is 0 Å². The number of benzene rings is 1. The molecule has 0 bridgehead atoms. The minimum atomic E-state index is -0.908. The Morgan fingerprint density at radius 2 is 1.80 bits per heavy atom. The summed E-state index contributed by atoms with van der Waals surface area (Å²) in [5.74, 6) is -0.407. The molecule has 25 heavy (non-hydrogen) atoms. The molecule has 0 atom stereocenters. The lowest BCUT2D eigenvalue weighted by Crippen LogP contribution is -2.56. The van der Waals surface area contributed by atoms with Crippen LogP contribution in [-0.4, -0.2) is 47.3 Å². The van der Waals surface area contributed by atoms with E-state index in [1.165, 1.54) is 0 Å². The molecule has 1 heterocycles. The van der Waals surface area contributed by atoms with Crippen LogP contribution in [0.4, 0.5) is 10.5 Å². The second-order valence-corrected chi connectivity index (χ2v) is 7.30. The van der Waals surface area contributed by atoms with Gasteiger partial charge in [0.25, 0.3) is 0 Å². The zero-order chi connectivity index (χ0) is 18.5. The van der Waals surface area contributed by atoms with Crippen molar-refractivity contribution in [2.45, 2.75) is 44.8 Å². The van der Waals surface area contributed by atoms with Crippen molar-refractivity contribution in [2.24, 2.45) is 0 Å². The maximum Gasteiger partial charge on any atom is 0.410 e. The first-order chi connectivity index (χ1) is 11.8. The van der Waals surface area contributed by atoms with Crippen LogP contribution in [-0.2, 0) is 14.3 Å². The van der Waals surface area contributed by atoms with E-state index in [1.807, 2.05) is 51.1 Å². The number of ether oxygens (including phenoxy) is 2. The van der Waals surface area contributed by atoms with Crippen LogP contribution in [0.3, 0.4) is 0 Å². The van der Waals surface area contributed by atoms with Gasteiger partial charge in [0.15, 0.2) is 6.07 Å². The third-order valence-electron chi connectivity index (χ3n) is 4.00. The van der Waals surface area contributed by atoms with Crippen LogP contribution >= 0.6 is 11.6 Å². The van der Waals surface area contributed by atoms with Crippen molar-refractivity contribution >= 4 is 29.4 Å². The van der Waals surface area contributed by atoms with E-state index in [-0.39, 0.29) is 12.2 Å². The Morgan fingerprint density at radius 3 is 2.32 bits per heavy atom. The van der Waals surface area contributed by atoms with Crippen molar-refractivity contribution in [1.82, 2.24) is 4.90 Å². The molecule has 1 aromatic carbocycles. The number of carbonyl (C=O) groups is 2. The monoisotopic (exact) mass is 368 g/mol. The molecule has 1 saturated heterocycles. The molecule has 2 rings (SSSR count). The lowest BCUT2D eigenvalue weighted by Gasteiger charge is -2.41. The van der Waals surface area contributed by atoms with Gasteiger partial charge in [0.1, 0.15) is 11.1 Å². The van der Waals surface area contributed by atoms with Gasteiger partial charge >= 0.3 is 12.1 Å². The summed E-state index contributed by atoms with van der Waals surface area (Å²) in [6.45, 7) is 6.27. The van der Waals surface area contributed by atoms with Crippen LogP contribution in [0, 0.1) is 0 Å². The van der Waals surface area contributed by atoms with Crippen molar-refractivity contribution in [2.75, 3.05) is 24.5 Å². The first kappa shape index (κ1) is 19.4. The van der Waals surface area contributed by atoms with Gasteiger partial charge in [-0.15, -0.1) is 0 Å². The highest BCUT2D eigenvalue weighted by molar-refractivity contribution is 6.17. The van der Waals surface area contributed by atoms with Crippen molar-refractivity contribution in [3.8, 4) is 0 Å². The van der Waals surface area contributed by atoms with E-state index in [0.717, 1.165) is 5.69 Å². The molecule has 6 nitrogen and oxygen atoms in total.